The molecule has 1 amide bonds. The summed E-state index contributed by atoms with van der Waals surface area (Å²) in [6, 6.07) is 7.75. The predicted molar refractivity (Wildman–Crippen MR) is 91.6 cm³/mol. The fourth-order valence-corrected chi connectivity index (χ4v) is 3.93. The van der Waals surface area contributed by atoms with Crippen LogP contribution in [0.3, 0.4) is 0 Å². The monoisotopic (exact) mass is 416 g/mol. The zero-order chi connectivity index (χ0) is 14.7. The Hall–Kier alpha value is -0.850. The number of anilines is 1. The van der Waals surface area contributed by atoms with Gasteiger partial charge in [0.15, 0.2) is 0 Å². The smallest absolute Gasteiger partial charge is 0.251 e. The lowest BCUT2D eigenvalue weighted by atomic mass is 10.1. The van der Waals surface area contributed by atoms with Gasteiger partial charge in [-0.1, -0.05) is 0 Å². The Morgan fingerprint density at radius 1 is 1.30 bits per heavy atom. The van der Waals surface area contributed by atoms with Gasteiger partial charge in [0, 0.05) is 34.2 Å². The number of carbonyl (C=O) groups excluding carboxylic acids is 1. The van der Waals surface area contributed by atoms with E-state index in [-0.39, 0.29) is 5.91 Å². The summed E-state index contributed by atoms with van der Waals surface area (Å²) in [6.45, 7) is 2.75. The Kier molecular flexibility index (Phi) is 5.23. The highest BCUT2D eigenvalue weighted by Gasteiger charge is 2.07. The topological polar surface area (TPSA) is 41.1 Å². The van der Waals surface area contributed by atoms with Gasteiger partial charge < -0.3 is 10.6 Å². The minimum atomic E-state index is -0.0641. The average Bonchev–Trinajstić information content (AvgIpc) is 2.75. The molecule has 1 aromatic carbocycles. The molecule has 0 atom stereocenters. The van der Waals surface area contributed by atoms with Gasteiger partial charge in [0.2, 0.25) is 0 Å². The lowest BCUT2D eigenvalue weighted by molar-refractivity contribution is 0.0963. The summed E-state index contributed by atoms with van der Waals surface area (Å²) in [6.07, 6.45) is 0. The Morgan fingerprint density at radius 3 is 2.60 bits per heavy atom. The molecule has 0 bridgehead atoms. The number of benzene rings is 1. The van der Waals surface area contributed by atoms with Crippen molar-refractivity contribution < 1.29 is 4.79 Å². The van der Waals surface area contributed by atoms with Gasteiger partial charge in [-0.25, -0.2) is 0 Å². The first-order valence-electron chi connectivity index (χ1n) is 6.01. The van der Waals surface area contributed by atoms with Crippen LogP contribution in [-0.2, 0) is 6.54 Å². The van der Waals surface area contributed by atoms with Crippen molar-refractivity contribution in [2.45, 2.75) is 13.5 Å². The zero-order valence-electron chi connectivity index (χ0n) is 11.1. The van der Waals surface area contributed by atoms with Crippen LogP contribution in [0.1, 0.15) is 20.8 Å². The highest BCUT2D eigenvalue weighted by Crippen LogP contribution is 2.32. The minimum absolute atomic E-state index is 0.0641. The molecule has 1 aromatic heterocycles. The number of carbonyl (C=O) groups is 1. The summed E-state index contributed by atoms with van der Waals surface area (Å²) < 4.78 is 2.17. The van der Waals surface area contributed by atoms with Gasteiger partial charge in [-0.15, -0.1) is 11.3 Å². The second kappa shape index (κ2) is 6.74. The summed E-state index contributed by atoms with van der Waals surface area (Å²) in [4.78, 5) is 12.8. The molecule has 2 aromatic rings. The molecule has 0 aliphatic rings. The first kappa shape index (κ1) is 15.5. The van der Waals surface area contributed by atoms with E-state index in [2.05, 4.69) is 48.6 Å². The fourth-order valence-electron chi connectivity index (χ4n) is 1.81. The first-order valence-corrected chi connectivity index (χ1v) is 8.42. The number of rotatable bonds is 4. The van der Waals surface area contributed by atoms with E-state index < -0.39 is 0 Å². The second-order valence-electron chi connectivity index (χ2n) is 4.30. The standard InChI is InChI=1S/C14H14Br2N2OS/c1-8-5-9(14(19)17-2)3-4-12(8)18-7-10-6-11(15)13(16)20-10/h3-6,18H,7H2,1-2H3,(H,17,19). The molecule has 3 nitrogen and oxygen atoms in total. The molecule has 6 heteroatoms. The summed E-state index contributed by atoms with van der Waals surface area (Å²) >= 11 is 8.67. The highest BCUT2D eigenvalue weighted by atomic mass is 79.9. The van der Waals surface area contributed by atoms with Gasteiger partial charge in [0.1, 0.15) is 0 Å². The van der Waals surface area contributed by atoms with E-state index in [1.54, 1.807) is 18.4 Å². The maximum absolute atomic E-state index is 11.6. The van der Waals surface area contributed by atoms with Crippen LogP contribution in [0, 0.1) is 6.92 Å². The Bertz CT molecular complexity index is 621. The van der Waals surface area contributed by atoms with Crippen molar-refractivity contribution in [3.63, 3.8) is 0 Å². The van der Waals surface area contributed by atoms with Crippen molar-refractivity contribution in [2.75, 3.05) is 12.4 Å². The van der Waals surface area contributed by atoms with E-state index in [0.717, 1.165) is 26.1 Å². The number of hydrogen-bond donors (Lipinski definition) is 2. The van der Waals surface area contributed by atoms with Crippen molar-refractivity contribution in [1.82, 2.24) is 5.32 Å². The molecule has 0 fully saturated rings. The normalized spacial score (nSPS) is 10.4. The molecular formula is C14H14Br2N2OS. The Morgan fingerprint density at radius 2 is 2.05 bits per heavy atom. The first-order chi connectivity index (χ1) is 9.51. The Balaban J connectivity index is 2.08. The molecule has 0 radical (unpaired) electrons. The number of aryl methyl sites for hydroxylation is 1. The molecule has 0 unspecified atom stereocenters. The number of thiophene rings is 1. The van der Waals surface area contributed by atoms with Crippen molar-refractivity contribution in [3.8, 4) is 0 Å². The van der Waals surface area contributed by atoms with Crippen molar-refractivity contribution in [1.29, 1.82) is 0 Å². The van der Waals surface area contributed by atoms with Crippen LogP contribution in [0.15, 0.2) is 32.5 Å². The molecular weight excluding hydrogens is 404 g/mol. The maximum Gasteiger partial charge on any atom is 0.251 e. The fraction of sp³-hybridized carbons (Fsp3) is 0.214. The Labute approximate surface area is 139 Å². The number of hydrogen-bond acceptors (Lipinski definition) is 3. The van der Waals surface area contributed by atoms with Crippen LogP contribution in [0.4, 0.5) is 5.69 Å². The molecule has 2 N–H and O–H groups in total. The van der Waals surface area contributed by atoms with Crippen LogP contribution in [-0.4, -0.2) is 13.0 Å². The molecule has 1 heterocycles. The summed E-state index contributed by atoms with van der Waals surface area (Å²) in [5, 5.41) is 6.02. The van der Waals surface area contributed by atoms with E-state index in [0.29, 0.717) is 5.56 Å². The number of amides is 1. The van der Waals surface area contributed by atoms with Gasteiger partial charge in [-0.05, 0) is 68.6 Å². The molecule has 2 rings (SSSR count). The van der Waals surface area contributed by atoms with Crippen molar-refractivity contribution in [3.05, 3.63) is 48.5 Å². The SMILES string of the molecule is CNC(=O)c1ccc(NCc2cc(Br)c(Br)s2)c(C)c1. The molecule has 0 aliphatic heterocycles. The zero-order valence-corrected chi connectivity index (χ0v) is 15.1. The molecule has 0 saturated heterocycles. The van der Waals surface area contributed by atoms with Crippen LogP contribution in [0.5, 0.6) is 0 Å². The summed E-state index contributed by atoms with van der Waals surface area (Å²) in [5.74, 6) is -0.0641. The van der Waals surface area contributed by atoms with E-state index in [1.807, 2.05) is 25.1 Å². The minimum Gasteiger partial charge on any atom is -0.380 e. The largest absolute Gasteiger partial charge is 0.380 e. The van der Waals surface area contributed by atoms with Crippen LogP contribution in [0.2, 0.25) is 0 Å². The lowest BCUT2D eigenvalue weighted by Gasteiger charge is -2.10. The maximum atomic E-state index is 11.6. The average molecular weight is 418 g/mol. The number of halogens is 2. The molecule has 106 valence electrons. The van der Waals surface area contributed by atoms with Crippen LogP contribution < -0.4 is 10.6 Å². The number of nitrogens with one attached hydrogen (secondary N) is 2. The van der Waals surface area contributed by atoms with E-state index in [4.69, 9.17) is 0 Å². The highest BCUT2D eigenvalue weighted by molar-refractivity contribution is 9.13. The van der Waals surface area contributed by atoms with Crippen molar-refractivity contribution in [2.24, 2.45) is 0 Å². The predicted octanol–water partition coefficient (Wildman–Crippen LogP) is 4.55. The van der Waals surface area contributed by atoms with Gasteiger partial charge in [0.25, 0.3) is 5.91 Å². The van der Waals surface area contributed by atoms with Gasteiger partial charge in [0.05, 0.1) is 3.79 Å². The molecule has 20 heavy (non-hydrogen) atoms. The molecule has 0 saturated carbocycles. The van der Waals surface area contributed by atoms with Gasteiger partial charge in [-0.3, -0.25) is 4.79 Å². The van der Waals surface area contributed by atoms with E-state index in [9.17, 15) is 4.79 Å². The second-order valence-corrected chi connectivity index (χ2v) is 7.61. The third kappa shape index (κ3) is 3.62. The summed E-state index contributed by atoms with van der Waals surface area (Å²) in [7, 11) is 1.64. The molecule has 0 aliphatic carbocycles. The van der Waals surface area contributed by atoms with Gasteiger partial charge in [-0.2, -0.15) is 0 Å². The van der Waals surface area contributed by atoms with Gasteiger partial charge >= 0.3 is 0 Å². The van der Waals surface area contributed by atoms with Crippen LogP contribution >= 0.6 is 43.2 Å². The van der Waals surface area contributed by atoms with E-state index in [1.165, 1.54) is 4.88 Å². The third-order valence-electron chi connectivity index (χ3n) is 2.86. The molecule has 0 spiro atoms. The quantitative estimate of drug-likeness (QED) is 0.765. The summed E-state index contributed by atoms with van der Waals surface area (Å²) in [5.41, 5.74) is 2.77. The van der Waals surface area contributed by atoms with E-state index >= 15 is 0 Å². The van der Waals surface area contributed by atoms with Crippen molar-refractivity contribution >= 4 is 54.8 Å². The van der Waals surface area contributed by atoms with Crippen LogP contribution in [0.25, 0.3) is 0 Å². The third-order valence-corrected chi connectivity index (χ3v) is 6.12. The lowest BCUT2D eigenvalue weighted by Crippen LogP contribution is -2.17.